The molecule has 0 bridgehead atoms. The second-order valence-electron chi connectivity index (χ2n) is 4.97. The van der Waals surface area contributed by atoms with Crippen molar-refractivity contribution >= 4 is 18.9 Å². The molecule has 0 spiro atoms. The van der Waals surface area contributed by atoms with Crippen LogP contribution in [-0.2, 0) is 0 Å². The summed E-state index contributed by atoms with van der Waals surface area (Å²) in [6.07, 6.45) is 6.47. The fourth-order valence-corrected chi connectivity index (χ4v) is 2.21. The summed E-state index contributed by atoms with van der Waals surface area (Å²) in [7, 11) is 0. The molecule has 0 atom stereocenters. The fourth-order valence-electron chi connectivity index (χ4n) is 2.21. The molecule has 0 saturated heterocycles. The van der Waals surface area contributed by atoms with Crippen molar-refractivity contribution in [2.75, 3.05) is 0 Å². The molecular weight excluding hydrogens is 189 g/mol. The molecule has 0 radical (unpaired) electrons. The Bertz CT molecular complexity index is 168. The van der Waals surface area contributed by atoms with E-state index in [1.54, 1.807) is 0 Å². The minimum absolute atomic E-state index is 0. The van der Waals surface area contributed by atoms with Crippen molar-refractivity contribution in [1.29, 1.82) is 0 Å². The van der Waals surface area contributed by atoms with Crippen LogP contribution in [0.3, 0.4) is 0 Å². The third-order valence-electron chi connectivity index (χ3n) is 2.80. The first kappa shape index (κ1) is 18.5. The van der Waals surface area contributed by atoms with Crippen molar-refractivity contribution in [3.8, 4) is 0 Å². The predicted octanol–water partition coefficient (Wildman–Crippen LogP) is 3.94. The van der Waals surface area contributed by atoms with E-state index >= 15 is 0 Å². The Morgan fingerprint density at radius 3 is 1.88 bits per heavy atom. The van der Waals surface area contributed by atoms with Crippen molar-refractivity contribution in [3.05, 3.63) is 12.3 Å². The number of nitrogens with zero attached hydrogens (tertiary/aromatic N) is 1. The summed E-state index contributed by atoms with van der Waals surface area (Å²) in [6, 6.07) is 1.15. The zero-order chi connectivity index (χ0) is 11.8. The molecule has 0 heterocycles. The standard InChI is InChI=1S/C14H29N.Li.H/c1-7-8-9-10-11-14(6)15(12(2)3)13(4)5;;/h12-13H,6-11H2,1-5H3;;. The van der Waals surface area contributed by atoms with Gasteiger partial charge in [-0.1, -0.05) is 32.8 Å². The first-order valence-corrected chi connectivity index (χ1v) is 6.46. The molecule has 0 aromatic carbocycles. The third-order valence-corrected chi connectivity index (χ3v) is 2.80. The third kappa shape index (κ3) is 7.42. The van der Waals surface area contributed by atoms with Gasteiger partial charge in [0.25, 0.3) is 0 Å². The maximum absolute atomic E-state index is 4.22. The van der Waals surface area contributed by atoms with Crippen LogP contribution in [-0.4, -0.2) is 35.8 Å². The average Bonchev–Trinajstić information content (AvgIpc) is 2.11. The van der Waals surface area contributed by atoms with Gasteiger partial charge in [0, 0.05) is 17.8 Å². The molecule has 0 aromatic heterocycles. The fraction of sp³-hybridized carbons (Fsp3) is 0.857. The molecule has 0 amide bonds. The van der Waals surface area contributed by atoms with E-state index in [-0.39, 0.29) is 18.9 Å². The number of unbranched alkanes of at least 4 members (excludes halogenated alkanes) is 3. The van der Waals surface area contributed by atoms with Crippen LogP contribution >= 0.6 is 0 Å². The van der Waals surface area contributed by atoms with Gasteiger partial charge >= 0.3 is 18.9 Å². The molecule has 1 nitrogen and oxygen atoms in total. The van der Waals surface area contributed by atoms with Crippen molar-refractivity contribution < 1.29 is 0 Å². The molecule has 0 unspecified atom stereocenters. The van der Waals surface area contributed by atoms with Crippen molar-refractivity contribution in [2.24, 2.45) is 0 Å². The summed E-state index contributed by atoms with van der Waals surface area (Å²) in [6.45, 7) is 15.5. The van der Waals surface area contributed by atoms with Crippen LogP contribution in [0.4, 0.5) is 0 Å². The van der Waals surface area contributed by atoms with E-state index in [1.165, 1.54) is 31.4 Å². The Balaban J connectivity index is 0. The molecule has 2 heteroatoms. The van der Waals surface area contributed by atoms with Crippen LogP contribution in [0.25, 0.3) is 0 Å². The Hall–Kier alpha value is 0.137. The quantitative estimate of drug-likeness (QED) is 0.441. The Morgan fingerprint density at radius 1 is 1.00 bits per heavy atom. The number of allylic oxidation sites excluding steroid dienone is 1. The molecule has 0 N–H and O–H groups in total. The molecule has 0 aliphatic heterocycles. The molecule has 0 aromatic rings. The van der Waals surface area contributed by atoms with E-state index in [4.69, 9.17) is 0 Å². The maximum atomic E-state index is 4.22. The van der Waals surface area contributed by atoms with E-state index in [1.807, 2.05) is 0 Å². The molecular formula is C14H30LiN. The van der Waals surface area contributed by atoms with Gasteiger partial charge in [-0.2, -0.15) is 0 Å². The molecule has 0 rings (SSSR count). The summed E-state index contributed by atoms with van der Waals surface area (Å²) >= 11 is 0. The normalized spacial score (nSPS) is 10.4. The van der Waals surface area contributed by atoms with Gasteiger partial charge < -0.3 is 4.90 Å². The summed E-state index contributed by atoms with van der Waals surface area (Å²) in [5, 5.41) is 0. The van der Waals surface area contributed by atoms with Crippen molar-refractivity contribution in [2.45, 2.75) is 78.8 Å². The zero-order valence-corrected chi connectivity index (χ0v) is 11.3. The molecule has 16 heavy (non-hydrogen) atoms. The van der Waals surface area contributed by atoms with Crippen LogP contribution in [0.5, 0.6) is 0 Å². The average molecular weight is 219 g/mol. The van der Waals surface area contributed by atoms with Gasteiger partial charge in [-0.3, -0.25) is 0 Å². The Kier molecular flexibility index (Phi) is 11.9. The second kappa shape index (κ2) is 10.3. The zero-order valence-electron chi connectivity index (χ0n) is 11.3. The Labute approximate surface area is 115 Å². The summed E-state index contributed by atoms with van der Waals surface area (Å²) in [4.78, 5) is 2.44. The van der Waals surface area contributed by atoms with E-state index in [9.17, 15) is 0 Å². The molecule has 0 aliphatic carbocycles. The first-order chi connectivity index (χ1) is 7.00. The minimum atomic E-state index is 0. The van der Waals surface area contributed by atoms with Gasteiger partial charge in [-0.05, 0) is 40.5 Å². The van der Waals surface area contributed by atoms with E-state index in [2.05, 4.69) is 46.1 Å². The van der Waals surface area contributed by atoms with E-state index < -0.39 is 0 Å². The van der Waals surface area contributed by atoms with Crippen LogP contribution in [0.2, 0.25) is 0 Å². The topological polar surface area (TPSA) is 3.24 Å². The molecule has 0 aliphatic rings. The predicted molar refractivity (Wildman–Crippen MR) is 77.2 cm³/mol. The molecule has 0 fully saturated rings. The number of hydrogen-bond acceptors (Lipinski definition) is 1. The summed E-state index contributed by atoms with van der Waals surface area (Å²) < 4.78 is 0. The number of rotatable bonds is 8. The van der Waals surface area contributed by atoms with Gasteiger partial charge in [0.15, 0.2) is 0 Å². The van der Waals surface area contributed by atoms with Gasteiger partial charge in [0.05, 0.1) is 0 Å². The van der Waals surface area contributed by atoms with Gasteiger partial charge in [0.1, 0.15) is 0 Å². The van der Waals surface area contributed by atoms with Crippen LogP contribution < -0.4 is 0 Å². The first-order valence-electron chi connectivity index (χ1n) is 6.46. The molecule has 0 saturated carbocycles. The van der Waals surface area contributed by atoms with Crippen molar-refractivity contribution in [1.82, 2.24) is 4.90 Å². The van der Waals surface area contributed by atoms with Gasteiger partial charge in [0.2, 0.25) is 0 Å². The van der Waals surface area contributed by atoms with E-state index in [0.717, 1.165) is 6.42 Å². The van der Waals surface area contributed by atoms with Crippen LogP contribution in [0.1, 0.15) is 66.7 Å². The summed E-state index contributed by atoms with van der Waals surface area (Å²) in [5.41, 5.74) is 1.32. The van der Waals surface area contributed by atoms with Gasteiger partial charge in [-0.25, -0.2) is 0 Å². The van der Waals surface area contributed by atoms with Gasteiger partial charge in [-0.15, -0.1) is 0 Å². The number of hydrogen-bond donors (Lipinski definition) is 0. The Morgan fingerprint density at radius 2 is 1.50 bits per heavy atom. The SMILES string of the molecule is C=C(CCCCCC)N(C(C)C)C(C)C.[LiH]. The monoisotopic (exact) mass is 219 g/mol. The molecule has 92 valence electrons. The van der Waals surface area contributed by atoms with Crippen molar-refractivity contribution in [3.63, 3.8) is 0 Å². The summed E-state index contributed by atoms with van der Waals surface area (Å²) in [5.74, 6) is 0. The van der Waals surface area contributed by atoms with E-state index in [0.29, 0.717) is 12.1 Å². The van der Waals surface area contributed by atoms with Crippen LogP contribution in [0.15, 0.2) is 12.3 Å². The second-order valence-corrected chi connectivity index (χ2v) is 4.97. The van der Waals surface area contributed by atoms with Crippen LogP contribution in [0, 0.1) is 0 Å².